The first-order chi connectivity index (χ1) is 13.4. The molecule has 0 saturated heterocycles. The first-order valence-corrected chi connectivity index (χ1v) is 13.4. The molecule has 0 N–H and O–H groups in total. The number of alkyl halides is 6. The van der Waals surface area contributed by atoms with E-state index >= 15 is 0 Å². The number of rotatable bonds is 4. The van der Waals surface area contributed by atoms with E-state index in [2.05, 4.69) is 10.3 Å². The number of carbonyl (C=O) groups excluding carboxylic acids is 1. The van der Waals surface area contributed by atoms with Crippen molar-refractivity contribution < 1.29 is 35.6 Å². The van der Waals surface area contributed by atoms with E-state index in [0.717, 1.165) is 18.4 Å². The van der Waals surface area contributed by atoms with E-state index < -0.39 is 31.7 Å². The van der Waals surface area contributed by atoms with Crippen LogP contribution in [0.4, 0.5) is 26.3 Å². The van der Waals surface area contributed by atoms with Gasteiger partial charge in [-0.15, -0.1) is 0 Å². The van der Waals surface area contributed by atoms with Gasteiger partial charge in [-0.25, -0.2) is 0 Å². The molecular formula is C21H28F6O2Si. The maximum atomic E-state index is 13.6. The zero-order valence-electron chi connectivity index (χ0n) is 17.9. The minimum Gasteiger partial charge on any atom is -0.388 e. The van der Waals surface area contributed by atoms with E-state index in [0.29, 0.717) is 12.8 Å². The Morgan fingerprint density at radius 2 is 1.77 bits per heavy atom. The predicted octanol–water partition coefficient (Wildman–Crippen LogP) is 6.44. The van der Waals surface area contributed by atoms with Gasteiger partial charge in [0.15, 0.2) is 8.32 Å². The number of allylic oxidation sites excluding steroid dienone is 2. The van der Waals surface area contributed by atoms with Crippen LogP contribution in [-0.4, -0.2) is 32.1 Å². The molecule has 170 valence electrons. The molecule has 2 unspecified atom stereocenters. The van der Waals surface area contributed by atoms with Crippen LogP contribution in [0.1, 0.15) is 46.0 Å². The van der Waals surface area contributed by atoms with Gasteiger partial charge in [0.25, 0.3) is 0 Å². The van der Waals surface area contributed by atoms with Crippen molar-refractivity contribution in [2.24, 2.45) is 17.3 Å². The third-order valence-electron chi connectivity index (χ3n) is 5.97. The fraction of sp³-hybridized carbons (Fsp3) is 0.762. The molecule has 2 rings (SSSR count). The molecule has 0 aromatic carbocycles. The Bertz CT molecular complexity index is 752. The highest BCUT2D eigenvalue weighted by Gasteiger charge is 2.73. The van der Waals surface area contributed by atoms with Gasteiger partial charge in [-0.1, -0.05) is 31.4 Å². The van der Waals surface area contributed by atoms with Crippen molar-refractivity contribution in [3.05, 3.63) is 11.6 Å². The summed E-state index contributed by atoms with van der Waals surface area (Å²) in [6.07, 6.45) is -7.11. The lowest BCUT2D eigenvalue weighted by atomic mass is 9.63. The second kappa shape index (κ2) is 8.01. The smallest absolute Gasteiger partial charge is 0.388 e. The summed E-state index contributed by atoms with van der Waals surface area (Å²) in [6, 6.07) is 0. The van der Waals surface area contributed by atoms with Crippen molar-refractivity contribution in [1.82, 2.24) is 0 Å². The van der Waals surface area contributed by atoms with Crippen LogP contribution >= 0.6 is 0 Å². The van der Waals surface area contributed by atoms with Crippen LogP contribution in [0, 0.1) is 29.1 Å². The minimum absolute atomic E-state index is 0.156. The number of halogens is 6. The van der Waals surface area contributed by atoms with Crippen LogP contribution in [0.5, 0.6) is 0 Å². The number of Topliss-reactive ketones (excluding diaryl/α,β-unsaturated/α-hetero) is 1. The fourth-order valence-electron chi connectivity index (χ4n) is 4.65. The molecule has 0 aromatic rings. The molecular weight excluding hydrogens is 426 g/mol. The van der Waals surface area contributed by atoms with E-state index in [1.165, 1.54) is 25.6 Å². The molecule has 1 fully saturated rings. The van der Waals surface area contributed by atoms with Crippen molar-refractivity contribution in [2.75, 3.05) is 0 Å². The molecule has 0 bridgehead atoms. The van der Waals surface area contributed by atoms with Crippen molar-refractivity contribution in [1.29, 1.82) is 0 Å². The van der Waals surface area contributed by atoms with Gasteiger partial charge in [0.2, 0.25) is 0 Å². The van der Waals surface area contributed by atoms with Gasteiger partial charge in [0, 0.05) is 18.8 Å². The summed E-state index contributed by atoms with van der Waals surface area (Å²) >= 11 is 0. The van der Waals surface area contributed by atoms with Crippen molar-refractivity contribution in [3.63, 3.8) is 0 Å². The molecule has 0 aromatic heterocycles. The summed E-state index contributed by atoms with van der Waals surface area (Å²) in [6.45, 7) is 7.47. The highest BCUT2D eigenvalue weighted by Crippen LogP contribution is 2.54. The first kappa shape index (κ1) is 25.0. The Hall–Kier alpha value is -1.27. The van der Waals surface area contributed by atoms with E-state index in [9.17, 15) is 31.1 Å². The van der Waals surface area contributed by atoms with Crippen molar-refractivity contribution in [3.8, 4) is 11.8 Å². The second-order valence-corrected chi connectivity index (χ2v) is 13.9. The normalized spacial score (nSPS) is 26.6. The molecule has 0 radical (unpaired) electrons. The molecule has 0 amide bonds. The van der Waals surface area contributed by atoms with E-state index in [4.69, 9.17) is 0 Å². The minimum atomic E-state index is -5.72. The zero-order chi connectivity index (χ0) is 23.2. The maximum Gasteiger partial charge on any atom is 0.437 e. The molecule has 2 aliphatic rings. The summed E-state index contributed by atoms with van der Waals surface area (Å²) in [5.41, 5.74) is -3.98. The summed E-state index contributed by atoms with van der Waals surface area (Å²) in [7, 11) is -3.25. The van der Waals surface area contributed by atoms with Gasteiger partial charge in [-0.05, 0) is 56.2 Å². The molecule has 3 atom stereocenters. The number of fused-ring (bicyclic) bond motifs is 1. The number of hydrogen-bond donors (Lipinski definition) is 0. The average molecular weight is 455 g/mol. The monoisotopic (exact) mass is 454 g/mol. The Kier molecular flexibility index (Phi) is 6.67. The summed E-state index contributed by atoms with van der Waals surface area (Å²) in [4.78, 5) is 12.2. The van der Waals surface area contributed by atoms with E-state index in [-0.39, 0.29) is 24.0 Å². The molecule has 2 aliphatic carbocycles. The van der Waals surface area contributed by atoms with Gasteiger partial charge in [0.1, 0.15) is 5.78 Å². The van der Waals surface area contributed by atoms with Crippen LogP contribution in [-0.2, 0) is 9.22 Å². The molecule has 1 saturated carbocycles. The third-order valence-corrected chi connectivity index (χ3v) is 6.89. The van der Waals surface area contributed by atoms with Gasteiger partial charge >= 0.3 is 18.0 Å². The van der Waals surface area contributed by atoms with Crippen LogP contribution in [0.15, 0.2) is 11.6 Å². The fourth-order valence-corrected chi connectivity index (χ4v) is 5.86. The number of ketones is 1. The highest BCUT2D eigenvalue weighted by molar-refractivity contribution is 6.69. The lowest BCUT2D eigenvalue weighted by molar-refractivity contribution is -0.336. The molecule has 2 nitrogen and oxygen atoms in total. The van der Waals surface area contributed by atoms with Gasteiger partial charge in [-0.2, -0.15) is 26.3 Å². The summed E-state index contributed by atoms with van der Waals surface area (Å²) < 4.78 is 86.1. The van der Waals surface area contributed by atoms with Crippen LogP contribution < -0.4 is 0 Å². The molecule has 0 aliphatic heterocycles. The molecule has 0 spiro atoms. The number of carbonyl (C=O) groups is 1. The van der Waals surface area contributed by atoms with Gasteiger partial charge in [-0.3, -0.25) is 4.79 Å². The van der Waals surface area contributed by atoms with Crippen molar-refractivity contribution in [2.45, 2.75) is 83.5 Å². The lowest BCUT2D eigenvalue weighted by Gasteiger charge is -2.40. The molecule has 0 heterocycles. The van der Waals surface area contributed by atoms with Gasteiger partial charge in [0.05, 0.1) is 0 Å². The molecule has 9 heteroatoms. The van der Waals surface area contributed by atoms with Crippen LogP contribution in [0.3, 0.4) is 0 Å². The SMILES string of the molecule is CC(CC#CC(O[Si](C)(C)C)(C(F)(F)F)C(F)(F)F)C1=CCC2C(=O)CCC[C@]12C. The summed E-state index contributed by atoms with van der Waals surface area (Å²) in [5.74, 6) is 3.24. The quantitative estimate of drug-likeness (QED) is 0.212. The number of hydrogen-bond acceptors (Lipinski definition) is 2. The van der Waals surface area contributed by atoms with Gasteiger partial charge < -0.3 is 4.43 Å². The topological polar surface area (TPSA) is 26.3 Å². The zero-order valence-corrected chi connectivity index (χ0v) is 18.9. The van der Waals surface area contributed by atoms with E-state index in [1.807, 2.05) is 13.0 Å². The third kappa shape index (κ3) is 4.64. The largest absolute Gasteiger partial charge is 0.437 e. The Morgan fingerprint density at radius 1 is 1.20 bits per heavy atom. The lowest BCUT2D eigenvalue weighted by Crippen LogP contribution is -2.61. The van der Waals surface area contributed by atoms with Crippen molar-refractivity contribution >= 4 is 14.1 Å². The average Bonchev–Trinajstić information content (AvgIpc) is 2.89. The standard InChI is InChI=1S/C21H28F6O2Si/c1-14(15-10-11-16-17(28)9-7-12-18(15,16)2)8-6-13-19(20(22,23)24,21(25,26)27)29-30(3,4)5/h10,14,16H,7-9,11-12H2,1-5H3/t14?,16?,18-/m1/s1. The second-order valence-electron chi connectivity index (χ2n) is 9.48. The molecule has 30 heavy (non-hydrogen) atoms. The van der Waals surface area contributed by atoms with Crippen LogP contribution in [0.2, 0.25) is 19.6 Å². The first-order valence-electron chi connectivity index (χ1n) is 10.0. The predicted molar refractivity (Wildman–Crippen MR) is 104 cm³/mol. The Morgan fingerprint density at radius 3 is 2.27 bits per heavy atom. The van der Waals surface area contributed by atoms with Crippen LogP contribution in [0.25, 0.3) is 0 Å². The Balaban J connectivity index is 2.32. The maximum absolute atomic E-state index is 13.6. The Labute approximate surface area is 174 Å². The summed E-state index contributed by atoms with van der Waals surface area (Å²) in [5, 5.41) is 0. The highest BCUT2D eigenvalue weighted by atomic mass is 28.4. The van der Waals surface area contributed by atoms with E-state index in [1.54, 1.807) is 6.92 Å².